The molecule has 25 heavy (non-hydrogen) atoms. The summed E-state index contributed by atoms with van der Waals surface area (Å²) >= 11 is 0. The van der Waals surface area contributed by atoms with E-state index < -0.39 is 11.6 Å². The topological polar surface area (TPSA) is 37.4 Å². The third kappa shape index (κ3) is 3.92. The van der Waals surface area contributed by atoms with Crippen molar-refractivity contribution in [3.8, 4) is 0 Å². The van der Waals surface area contributed by atoms with Gasteiger partial charge in [-0.3, -0.25) is 9.59 Å². The third-order valence-electron chi connectivity index (χ3n) is 4.59. The molecule has 0 unspecified atom stereocenters. The lowest BCUT2D eigenvalue weighted by atomic mass is 9.89. The Balaban J connectivity index is 1.69. The Morgan fingerprint density at radius 1 is 1.00 bits per heavy atom. The Bertz CT molecular complexity index is 756. The second-order valence-corrected chi connectivity index (χ2v) is 6.29. The molecule has 5 heteroatoms. The van der Waals surface area contributed by atoms with Crippen molar-refractivity contribution in [1.29, 1.82) is 0 Å². The van der Waals surface area contributed by atoms with Crippen molar-refractivity contribution in [2.24, 2.45) is 5.92 Å². The summed E-state index contributed by atoms with van der Waals surface area (Å²) in [6.45, 7) is 0.802. The molecule has 1 atom stereocenters. The van der Waals surface area contributed by atoms with Crippen molar-refractivity contribution in [2.45, 2.75) is 19.3 Å². The molecule has 1 heterocycles. The molecule has 1 aliphatic rings. The van der Waals surface area contributed by atoms with Crippen LogP contribution in [0.5, 0.6) is 0 Å². The number of halogens is 2. The van der Waals surface area contributed by atoms with Crippen LogP contribution in [0.3, 0.4) is 0 Å². The summed E-state index contributed by atoms with van der Waals surface area (Å²) in [6.07, 6.45) is 1.09. The van der Waals surface area contributed by atoms with E-state index in [0.29, 0.717) is 31.5 Å². The highest BCUT2D eigenvalue weighted by Gasteiger charge is 2.29. The van der Waals surface area contributed by atoms with Gasteiger partial charge in [0.1, 0.15) is 11.6 Å². The van der Waals surface area contributed by atoms with Gasteiger partial charge >= 0.3 is 0 Å². The molecule has 0 radical (unpaired) electrons. The van der Waals surface area contributed by atoms with E-state index >= 15 is 0 Å². The van der Waals surface area contributed by atoms with Crippen LogP contribution in [0.4, 0.5) is 8.78 Å². The first kappa shape index (κ1) is 17.3. The van der Waals surface area contributed by atoms with Crippen LogP contribution in [0, 0.1) is 17.6 Å². The number of ketones is 1. The third-order valence-corrected chi connectivity index (χ3v) is 4.59. The maximum Gasteiger partial charge on any atom is 0.227 e. The minimum Gasteiger partial charge on any atom is -0.342 e. The second-order valence-electron chi connectivity index (χ2n) is 6.29. The van der Waals surface area contributed by atoms with Gasteiger partial charge in [-0.25, -0.2) is 8.78 Å². The molecule has 3 nitrogen and oxygen atoms in total. The summed E-state index contributed by atoms with van der Waals surface area (Å²) in [6, 6.07) is 12.5. The van der Waals surface area contributed by atoms with Gasteiger partial charge in [0.25, 0.3) is 0 Å². The highest BCUT2D eigenvalue weighted by Crippen LogP contribution is 2.22. The zero-order valence-electron chi connectivity index (χ0n) is 13.8. The lowest BCUT2D eigenvalue weighted by Gasteiger charge is -2.32. The largest absolute Gasteiger partial charge is 0.342 e. The molecule has 3 rings (SSSR count). The lowest BCUT2D eigenvalue weighted by Crippen LogP contribution is -2.43. The number of rotatable bonds is 4. The zero-order chi connectivity index (χ0) is 17.8. The van der Waals surface area contributed by atoms with E-state index in [1.807, 2.05) is 6.07 Å². The number of Topliss-reactive ketones (excluding diaryl/α,β-unsaturated/α-hetero) is 1. The minimum absolute atomic E-state index is 0.00942. The molecule has 1 saturated heterocycles. The van der Waals surface area contributed by atoms with E-state index in [2.05, 4.69) is 0 Å². The van der Waals surface area contributed by atoms with Crippen LogP contribution in [0.2, 0.25) is 0 Å². The predicted molar refractivity (Wildman–Crippen MR) is 90.1 cm³/mol. The fourth-order valence-corrected chi connectivity index (χ4v) is 3.22. The highest BCUT2D eigenvalue weighted by molar-refractivity contribution is 5.98. The molecule has 0 aliphatic carbocycles. The summed E-state index contributed by atoms with van der Waals surface area (Å²) in [5.41, 5.74) is 0.408. The molecule has 2 aromatic carbocycles. The van der Waals surface area contributed by atoms with Crippen LogP contribution in [-0.4, -0.2) is 29.7 Å². The average Bonchev–Trinajstić information content (AvgIpc) is 2.65. The second kappa shape index (κ2) is 7.55. The van der Waals surface area contributed by atoms with Gasteiger partial charge in [-0.15, -0.1) is 0 Å². The van der Waals surface area contributed by atoms with Crippen molar-refractivity contribution >= 4 is 11.7 Å². The van der Waals surface area contributed by atoms with Crippen LogP contribution < -0.4 is 0 Å². The number of carbonyl (C=O) groups is 2. The summed E-state index contributed by atoms with van der Waals surface area (Å²) in [4.78, 5) is 26.6. The number of hydrogen-bond donors (Lipinski definition) is 0. The maximum atomic E-state index is 13.7. The normalized spacial score (nSPS) is 17.4. The van der Waals surface area contributed by atoms with Crippen molar-refractivity contribution in [3.63, 3.8) is 0 Å². The van der Waals surface area contributed by atoms with E-state index in [4.69, 9.17) is 0 Å². The van der Waals surface area contributed by atoms with Gasteiger partial charge in [-0.2, -0.15) is 0 Å². The Labute approximate surface area is 145 Å². The molecule has 0 aromatic heterocycles. The smallest absolute Gasteiger partial charge is 0.227 e. The van der Waals surface area contributed by atoms with Crippen LogP contribution in [-0.2, 0) is 11.2 Å². The number of piperidine rings is 1. The van der Waals surface area contributed by atoms with Gasteiger partial charge in [0.2, 0.25) is 5.91 Å². The van der Waals surface area contributed by atoms with Crippen LogP contribution in [0.1, 0.15) is 28.8 Å². The SMILES string of the molecule is O=C(c1ccccc1)[C@@H]1CCCN(C(=O)Cc2c(F)cccc2F)C1. The zero-order valence-corrected chi connectivity index (χ0v) is 13.8. The lowest BCUT2D eigenvalue weighted by molar-refractivity contribution is -0.132. The monoisotopic (exact) mass is 343 g/mol. The predicted octanol–water partition coefficient (Wildman–Crippen LogP) is 3.63. The van der Waals surface area contributed by atoms with Crippen LogP contribution >= 0.6 is 0 Å². The fraction of sp³-hybridized carbons (Fsp3) is 0.300. The standard InChI is InChI=1S/C20H19F2NO2/c21-17-9-4-10-18(22)16(17)12-19(24)23-11-5-8-15(13-23)20(25)14-6-2-1-3-7-14/h1-4,6-7,9-10,15H,5,8,11-13H2/t15-/m1/s1. The number of likely N-dealkylation sites (tertiary alicyclic amines) is 1. The van der Waals surface area contributed by atoms with Crippen molar-refractivity contribution in [2.75, 3.05) is 13.1 Å². The van der Waals surface area contributed by atoms with E-state index in [1.54, 1.807) is 29.2 Å². The quantitative estimate of drug-likeness (QED) is 0.795. The number of benzene rings is 2. The Morgan fingerprint density at radius 2 is 1.68 bits per heavy atom. The molecule has 1 fully saturated rings. The van der Waals surface area contributed by atoms with Gasteiger partial charge in [0.05, 0.1) is 6.42 Å². The molecule has 0 saturated carbocycles. The van der Waals surface area contributed by atoms with E-state index in [9.17, 15) is 18.4 Å². The molecule has 2 aromatic rings. The van der Waals surface area contributed by atoms with Crippen LogP contribution in [0.25, 0.3) is 0 Å². The average molecular weight is 343 g/mol. The first-order chi connectivity index (χ1) is 12.1. The van der Waals surface area contributed by atoms with Crippen molar-refractivity contribution < 1.29 is 18.4 Å². The molecule has 0 bridgehead atoms. The number of carbonyl (C=O) groups excluding carboxylic acids is 2. The molecule has 0 spiro atoms. The Morgan fingerprint density at radius 3 is 2.36 bits per heavy atom. The first-order valence-electron chi connectivity index (χ1n) is 8.36. The van der Waals surface area contributed by atoms with Gasteiger partial charge in [-0.05, 0) is 25.0 Å². The Hall–Kier alpha value is -2.56. The summed E-state index contributed by atoms with van der Waals surface area (Å²) in [5, 5.41) is 0. The molecule has 1 amide bonds. The molecule has 0 N–H and O–H groups in total. The molecule has 130 valence electrons. The van der Waals surface area contributed by atoms with E-state index in [-0.39, 0.29) is 29.6 Å². The van der Waals surface area contributed by atoms with Crippen molar-refractivity contribution in [3.05, 3.63) is 71.3 Å². The minimum atomic E-state index is -0.720. The first-order valence-corrected chi connectivity index (χ1v) is 8.36. The Kier molecular flexibility index (Phi) is 5.22. The van der Waals surface area contributed by atoms with Gasteiger partial charge < -0.3 is 4.90 Å². The maximum absolute atomic E-state index is 13.7. The number of hydrogen-bond acceptors (Lipinski definition) is 2. The van der Waals surface area contributed by atoms with E-state index in [1.165, 1.54) is 6.07 Å². The highest BCUT2D eigenvalue weighted by atomic mass is 19.1. The summed E-state index contributed by atoms with van der Waals surface area (Å²) < 4.78 is 27.5. The fourth-order valence-electron chi connectivity index (χ4n) is 3.22. The van der Waals surface area contributed by atoms with Crippen molar-refractivity contribution in [1.82, 2.24) is 4.90 Å². The van der Waals surface area contributed by atoms with Crippen LogP contribution in [0.15, 0.2) is 48.5 Å². The molecule has 1 aliphatic heterocycles. The van der Waals surface area contributed by atoms with Gasteiger partial charge in [0.15, 0.2) is 5.78 Å². The number of amides is 1. The molecular formula is C20H19F2NO2. The van der Waals surface area contributed by atoms with Gasteiger partial charge in [0, 0.05) is 30.1 Å². The molecular weight excluding hydrogens is 324 g/mol. The summed E-state index contributed by atoms with van der Waals surface area (Å²) in [5.74, 6) is -2.06. The number of nitrogens with zero attached hydrogens (tertiary/aromatic N) is 1. The summed E-state index contributed by atoms with van der Waals surface area (Å²) in [7, 11) is 0. The van der Waals surface area contributed by atoms with E-state index in [0.717, 1.165) is 12.1 Å². The van der Waals surface area contributed by atoms with Gasteiger partial charge in [-0.1, -0.05) is 36.4 Å².